The largest absolute Gasteiger partial charge is 0.341 e. The summed E-state index contributed by atoms with van der Waals surface area (Å²) in [6.45, 7) is 1.66. The number of likely N-dealkylation sites (tertiary alicyclic amines) is 1. The Morgan fingerprint density at radius 1 is 1.21 bits per heavy atom. The van der Waals surface area contributed by atoms with Gasteiger partial charge in [0.2, 0.25) is 5.91 Å². The second-order valence-electron chi connectivity index (χ2n) is 4.72. The Hall–Kier alpha value is -1.98. The Morgan fingerprint density at radius 2 is 1.89 bits per heavy atom. The van der Waals surface area contributed by atoms with Crippen molar-refractivity contribution >= 4 is 16.9 Å². The third-order valence-electron chi connectivity index (χ3n) is 3.43. The van der Waals surface area contributed by atoms with E-state index in [4.69, 9.17) is 0 Å². The molecule has 0 N–H and O–H groups in total. The van der Waals surface area contributed by atoms with Crippen LogP contribution < -0.4 is 0 Å². The van der Waals surface area contributed by atoms with Crippen molar-refractivity contribution in [3.63, 3.8) is 0 Å². The number of nitrogens with zero attached hydrogens (tertiary/aromatic N) is 3. The molecule has 3 rings (SSSR count). The molecular formula is C13H13F2N3O. The zero-order chi connectivity index (χ0) is 13.4. The smallest absolute Gasteiger partial charge is 0.242 e. The van der Waals surface area contributed by atoms with Gasteiger partial charge in [-0.25, -0.2) is 13.8 Å². The summed E-state index contributed by atoms with van der Waals surface area (Å²) in [5.74, 6) is -1.87. The third kappa shape index (κ3) is 2.18. The molecule has 1 aliphatic rings. The van der Waals surface area contributed by atoms with E-state index in [1.807, 2.05) is 0 Å². The topological polar surface area (TPSA) is 38.1 Å². The average molecular weight is 265 g/mol. The SMILES string of the molecule is O=C(Cn1cnc2cc(F)c(F)cc21)N1CCCC1. The molecular weight excluding hydrogens is 252 g/mol. The number of rotatable bonds is 2. The van der Waals surface area contributed by atoms with E-state index in [-0.39, 0.29) is 12.5 Å². The minimum Gasteiger partial charge on any atom is -0.341 e. The maximum atomic E-state index is 13.2. The molecule has 0 saturated carbocycles. The van der Waals surface area contributed by atoms with E-state index in [0.29, 0.717) is 11.0 Å². The van der Waals surface area contributed by atoms with Gasteiger partial charge in [0.1, 0.15) is 6.54 Å². The van der Waals surface area contributed by atoms with Crippen molar-refractivity contribution in [3.05, 3.63) is 30.1 Å². The maximum absolute atomic E-state index is 13.2. The Labute approximate surface area is 108 Å². The number of fused-ring (bicyclic) bond motifs is 1. The Kier molecular flexibility index (Phi) is 2.93. The summed E-state index contributed by atoms with van der Waals surface area (Å²) in [5.41, 5.74) is 0.791. The molecule has 1 aromatic heterocycles. The van der Waals surface area contributed by atoms with E-state index in [2.05, 4.69) is 4.98 Å². The predicted octanol–water partition coefficient (Wildman–Crippen LogP) is 1.94. The van der Waals surface area contributed by atoms with Gasteiger partial charge in [-0.3, -0.25) is 4.79 Å². The fourth-order valence-corrected chi connectivity index (χ4v) is 2.39. The molecule has 0 spiro atoms. The van der Waals surface area contributed by atoms with E-state index < -0.39 is 11.6 Å². The highest BCUT2D eigenvalue weighted by Gasteiger charge is 2.19. The van der Waals surface area contributed by atoms with Gasteiger partial charge in [0.25, 0.3) is 0 Å². The van der Waals surface area contributed by atoms with Crippen LogP contribution in [0, 0.1) is 11.6 Å². The number of carbonyl (C=O) groups excluding carboxylic acids is 1. The van der Waals surface area contributed by atoms with Gasteiger partial charge < -0.3 is 9.47 Å². The van der Waals surface area contributed by atoms with Crippen LogP contribution in [-0.4, -0.2) is 33.4 Å². The molecule has 0 radical (unpaired) electrons. The number of hydrogen-bond acceptors (Lipinski definition) is 2. The fraction of sp³-hybridized carbons (Fsp3) is 0.385. The number of amides is 1. The molecule has 0 unspecified atom stereocenters. The second kappa shape index (κ2) is 4.60. The Morgan fingerprint density at radius 3 is 2.63 bits per heavy atom. The Bertz CT molecular complexity index is 632. The lowest BCUT2D eigenvalue weighted by atomic mass is 10.3. The quantitative estimate of drug-likeness (QED) is 0.832. The highest BCUT2D eigenvalue weighted by atomic mass is 19.2. The first kappa shape index (κ1) is 12.1. The number of imidazole rings is 1. The van der Waals surface area contributed by atoms with Gasteiger partial charge in [-0.05, 0) is 12.8 Å². The number of halogens is 2. The standard InChI is InChI=1S/C13H13F2N3O/c14-9-5-11-12(6-10(9)15)18(8-16-11)7-13(19)17-3-1-2-4-17/h5-6,8H,1-4,7H2. The lowest BCUT2D eigenvalue weighted by Gasteiger charge is -2.15. The molecule has 1 fully saturated rings. The van der Waals surface area contributed by atoms with Gasteiger partial charge in [0, 0.05) is 25.2 Å². The third-order valence-corrected chi connectivity index (χ3v) is 3.43. The van der Waals surface area contributed by atoms with E-state index >= 15 is 0 Å². The molecule has 2 aromatic rings. The molecule has 0 aliphatic carbocycles. The normalized spacial score (nSPS) is 15.4. The van der Waals surface area contributed by atoms with Crippen LogP contribution in [0.1, 0.15) is 12.8 Å². The molecule has 0 atom stereocenters. The second-order valence-corrected chi connectivity index (χ2v) is 4.72. The number of benzene rings is 1. The molecule has 2 heterocycles. The molecule has 1 amide bonds. The minimum atomic E-state index is -0.928. The van der Waals surface area contributed by atoms with Gasteiger partial charge in [-0.1, -0.05) is 0 Å². The van der Waals surface area contributed by atoms with Crippen LogP contribution in [0.25, 0.3) is 11.0 Å². The van der Waals surface area contributed by atoms with Gasteiger partial charge in [0.05, 0.1) is 17.4 Å². The highest BCUT2D eigenvalue weighted by molar-refractivity contribution is 5.80. The minimum absolute atomic E-state index is 0.0125. The first-order chi connectivity index (χ1) is 9.15. The molecule has 4 nitrogen and oxygen atoms in total. The zero-order valence-corrected chi connectivity index (χ0v) is 10.3. The predicted molar refractivity (Wildman–Crippen MR) is 65.5 cm³/mol. The number of aromatic nitrogens is 2. The Balaban J connectivity index is 1.88. The van der Waals surface area contributed by atoms with Crippen LogP contribution in [0.2, 0.25) is 0 Å². The fourth-order valence-electron chi connectivity index (χ4n) is 2.39. The molecule has 1 aromatic carbocycles. The molecule has 1 aliphatic heterocycles. The first-order valence-electron chi connectivity index (χ1n) is 6.23. The van der Waals surface area contributed by atoms with Crippen LogP contribution in [0.3, 0.4) is 0 Å². The van der Waals surface area contributed by atoms with Gasteiger partial charge >= 0.3 is 0 Å². The average Bonchev–Trinajstić information content (AvgIpc) is 3.01. The van der Waals surface area contributed by atoms with E-state index in [0.717, 1.165) is 38.1 Å². The number of hydrogen-bond donors (Lipinski definition) is 0. The lowest BCUT2D eigenvalue weighted by molar-refractivity contribution is -0.130. The van der Waals surface area contributed by atoms with E-state index in [1.165, 1.54) is 6.33 Å². The van der Waals surface area contributed by atoms with Crippen LogP contribution in [0.15, 0.2) is 18.5 Å². The van der Waals surface area contributed by atoms with E-state index in [9.17, 15) is 13.6 Å². The van der Waals surface area contributed by atoms with Crippen LogP contribution >= 0.6 is 0 Å². The van der Waals surface area contributed by atoms with Crippen molar-refractivity contribution < 1.29 is 13.6 Å². The molecule has 19 heavy (non-hydrogen) atoms. The summed E-state index contributed by atoms with van der Waals surface area (Å²) in [4.78, 5) is 17.8. The summed E-state index contributed by atoms with van der Waals surface area (Å²) in [5, 5.41) is 0. The van der Waals surface area contributed by atoms with Crippen LogP contribution in [0.4, 0.5) is 8.78 Å². The zero-order valence-electron chi connectivity index (χ0n) is 10.3. The van der Waals surface area contributed by atoms with E-state index in [1.54, 1.807) is 9.47 Å². The van der Waals surface area contributed by atoms with Crippen molar-refractivity contribution in [2.45, 2.75) is 19.4 Å². The van der Waals surface area contributed by atoms with Crippen molar-refractivity contribution in [2.75, 3.05) is 13.1 Å². The molecule has 100 valence electrons. The monoisotopic (exact) mass is 265 g/mol. The highest BCUT2D eigenvalue weighted by Crippen LogP contribution is 2.18. The summed E-state index contributed by atoms with van der Waals surface area (Å²) < 4.78 is 27.9. The van der Waals surface area contributed by atoms with Crippen molar-refractivity contribution in [3.8, 4) is 0 Å². The van der Waals surface area contributed by atoms with Crippen molar-refractivity contribution in [1.82, 2.24) is 14.5 Å². The van der Waals surface area contributed by atoms with Crippen molar-refractivity contribution in [1.29, 1.82) is 0 Å². The summed E-state index contributed by atoms with van der Waals surface area (Å²) in [6, 6.07) is 2.12. The van der Waals surface area contributed by atoms with Gasteiger partial charge in [-0.15, -0.1) is 0 Å². The van der Waals surface area contributed by atoms with Gasteiger partial charge in [0.15, 0.2) is 11.6 Å². The molecule has 1 saturated heterocycles. The molecule has 6 heteroatoms. The summed E-state index contributed by atoms with van der Waals surface area (Å²) in [7, 11) is 0. The lowest BCUT2D eigenvalue weighted by Crippen LogP contribution is -2.30. The summed E-state index contributed by atoms with van der Waals surface area (Å²) in [6.07, 6.45) is 3.49. The maximum Gasteiger partial charge on any atom is 0.242 e. The van der Waals surface area contributed by atoms with Crippen molar-refractivity contribution in [2.24, 2.45) is 0 Å². The summed E-state index contributed by atoms with van der Waals surface area (Å²) >= 11 is 0. The molecule has 0 bridgehead atoms. The van der Waals surface area contributed by atoms with Crippen LogP contribution in [-0.2, 0) is 11.3 Å². The van der Waals surface area contributed by atoms with Gasteiger partial charge in [-0.2, -0.15) is 0 Å². The number of carbonyl (C=O) groups is 1. The van der Waals surface area contributed by atoms with Crippen LogP contribution in [0.5, 0.6) is 0 Å². The first-order valence-corrected chi connectivity index (χ1v) is 6.23.